The van der Waals surface area contributed by atoms with Gasteiger partial charge in [0.15, 0.2) is 0 Å². The molecule has 0 spiro atoms. The fraction of sp³-hybridized carbons (Fsp3) is 0.500. The van der Waals surface area contributed by atoms with E-state index in [0.29, 0.717) is 4.60 Å². The molecular weight excluding hydrogens is 237 g/mol. The van der Waals surface area contributed by atoms with Gasteiger partial charge in [0.25, 0.3) is 0 Å². The molecule has 0 fully saturated rings. The number of rotatable bonds is 1. The third-order valence-electron chi connectivity index (χ3n) is 1.46. The van der Waals surface area contributed by atoms with Crippen LogP contribution in [-0.4, -0.2) is 16.0 Å². The second kappa shape index (κ2) is 3.08. The molecule has 0 aromatic carbocycles. The molecule has 1 unspecified atom stereocenters. The number of aromatic nitrogens is 2. The molecule has 2 nitrogen and oxygen atoms in total. The Morgan fingerprint density at radius 2 is 2.17 bits per heavy atom. The van der Waals surface area contributed by atoms with Crippen LogP contribution in [0.3, 0.4) is 0 Å². The molecule has 0 amide bonds. The minimum atomic E-state index is -4.26. The molecule has 0 aliphatic carbocycles. The highest BCUT2D eigenvalue weighted by Crippen LogP contribution is 2.31. The number of hydrogen-bond acceptors (Lipinski definition) is 1. The van der Waals surface area contributed by atoms with E-state index in [1.807, 2.05) is 0 Å². The van der Waals surface area contributed by atoms with Crippen molar-refractivity contribution >= 4 is 15.9 Å². The lowest BCUT2D eigenvalue weighted by Crippen LogP contribution is -2.24. The molecule has 0 aliphatic heterocycles. The predicted molar refractivity (Wildman–Crippen MR) is 40.7 cm³/mol. The van der Waals surface area contributed by atoms with E-state index in [1.54, 1.807) is 0 Å². The van der Waals surface area contributed by atoms with Crippen molar-refractivity contribution in [3.63, 3.8) is 0 Å². The summed E-state index contributed by atoms with van der Waals surface area (Å²) in [6.45, 7) is 1.05. The zero-order valence-corrected chi connectivity index (χ0v) is 7.72. The van der Waals surface area contributed by atoms with Gasteiger partial charge in [-0.15, -0.1) is 0 Å². The van der Waals surface area contributed by atoms with Gasteiger partial charge in [-0.2, -0.15) is 18.3 Å². The Hall–Kier alpha value is -0.520. The standard InChI is InChI=1S/C6H6BrF3N2/c1-4(6(8,9)10)12-5(7)2-3-11-12/h2-4H,1H3. The molecule has 1 atom stereocenters. The van der Waals surface area contributed by atoms with Gasteiger partial charge in [0.2, 0.25) is 0 Å². The second-order valence-electron chi connectivity index (χ2n) is 2.32. The normalized spacial score (nSPS) is 14.8. The van der Waals surface area contributed by atoms with Crippen molar-refractivity contribution in [2.45, 2.75) is 19.1 Å². The van der Waals surface area contributed by atoms with Gasteiger partial charge in [0.1, 0.15) is 10.6 Å². The number of alkyl halides is 3. The van der Waals surface area contributed by atoms with Gasteiger partial charge in [-0.05, 0) is 28.9 Å². The van der Waals surface area contributed by atoms with Crippen molar-refractivity contribution in [2.24, 2.45) is 0 Å². The maximum Gasteiger partial charge on any atom is 0.410 e. The van der Waals surface area contributed by atoms with E-state index in [0.717, 1.165) is 11.6 Å². The molecule has 1 rings (SSSR count). The maximum absolute atomic E-state index is 12.1. The quantitative estimate of drug-likeness (QED) is 0.741. The number of nitrogens with zero attached hydrogens (tertiary/aromatic N) is 2. The summed E-state index contributed by atoms with van der Waals surface area (Å²) in [4.78, 5) is 0. The minimum Gasteiger partial charge on any atom is -0.247 e. The van der Waals surface area contributed by atoms with Crippen LogP contribution in [0, 0.1) is 0 Å². The van der Waals surface area contributed by atoms with E-state index < -0.39 is 12.2 Å². The van der Waals surface area contributed by atoms with E-state index in [1.165, 1.54) is 12.3 Å². The lowest BCUT2D eigenvalue weighted by Gasteiger charge is -2.16. The summed E-state index contributed by atoms with van der Waals surface area (Å²) in [6.07, 6.45) is -2.94. The first-order valence-corrected chi connectivity index (χ1v) is 3.98. The first kappa shape index (κ1) is 9.57. The maximum atomic E-state index is 12.1. The fourth-order valence-corrected chi connectivity index (χ4v) is 1.24. The molecule has 68 valence electrons. The molecule has 1 heterocycles. The molecule has 0 aliphatic rings. The van der Waals surface area contributed by atoms with Gasteiger partial charge in [0.05, 0.1) is 6.20 Å². The summed E-state index contributed by atoms with van der Waals surface area (Å²) in [5.74, 6) is 0. The third kappa shape index (κ3) is 1.80. The second-order valence-corrected chi connectivity index (χ2v) is 3.13. The van der Waals surface area contributed by atoms with Crippen LogP contribution >= 0.6 is 15.9 Å². The Balaban J connectivity index is 2.92. The number of hydrogen-bond donors (Lipinski definition) is 0. The molecule has 0 saturated heterocycles. The van der Waals surface area contributed by atoms with Crippen LogP contribution in [0.5, 0.6) is 0 Å². The van der Waals surface area contributed by atoms with Crippen LogP contribution in [-0.2, 0) is 0 Å². The van der Waals surface area contributed by atoms with Gasteiger partial charge in [0, 0.05) is 0 Å². The largest absolute Gasteiger partial charge is 0.410 e. The van der Waals surface area contributed by atoms with E-state index in [2.05, 4.69) is 21.0 Å². The molecule has 0 saturated carbocycles. The highest BCUT2D eigenvalue weighted by molar-refractivity contribution is 9.10. The average molecular weight is 243 g/mol. The topological polar surface area (TPSA) is 17.8 Å². The number of halogens is 4. The first-order valence-electron chi connectivity index (χ1n) is 3.18. The van der Waals surface area contributed by atoms with Crippen molar-refractivity contribution in [1.82, 2.24) is 9.78 Å². The SMILES string of the molecule is CC(n1nccc1Br)C(F)(F)F. The fourth-order valence-electron chi connectivity index (χ4n) is 0.722. The van der Waals surface area contributed by atoms with Crippen molar-refractivity contribution < 1.29 is 13.2 Å². The van der Waals surface area contributed by atoms with Crippen molar-refractivity contribution in [1.29, 1.82) is 0 Å². The third-order valence-corrected chi connectivity index (χ3v) is 2.09. The smallest absolute Gasteiger partial charge is 0.247 e. The summed E-state index contributed by atoms with van der Waals surface area (Å²) in [5, 5.41) is 3.53. The van der Waals surface area contributed by atoms with Crippen LogP contribution in [0.4, 0.5) is 13.2 Å². The van der Waals surface area contributed by atoms with Gasteiger partial charge >= 0.3 is 6.18 Å². The van der Waals surface area contributed by atoms with E-state index >= 15 is 0 Å². The Kier molecular flexibility index (Phi) is 2.46. The van der Waals surface area contributed by atoms with E-state index in [4.69, 9.17) is 0 Å². The molecule has 0 radical (unpaired) electrons. The summed E-state index contributed by atoms with van der Waals surface area (Å²) in [7, 11) is 0. The molecule has 0 N–H and O–H groups in total. The Morgan fingerprint density at radius 1 is 1.58 bits per heavy atom. The molecule has 6 heteroatoms. The zero-order valence-electron chi connectivity index (χ0n) is 6.14. The van der Waals surface area contributed by atoms with Crippen LogP contribution < -0.4 is 0 Å². The predicted octanol–water partition coefficient (Wildman–Crippen LogP) is 2.77. The lowest BCUT2D eigenvalue weighted by atomic mass is 10.3. The average Bonchev–Trinajstić information content (AvgIpc) is 2.31. The Bertz CT molecular complexity index is 268. The Labute approximate surface area is 75.5 Å². The summed E-state index contributed by atoms with van der Waals surface area (Å²) in [5.41, 5.74) is 0. The van der Waals surface area contributed by atoms with Crippen LogP contribution in [0.2, 0.25) is 0 Å². The summed E-state index contributed by atoms with van der Waals surface area (Å²) in [6, 6.07) is -0.135. The minimum absolute atomic E-state index is 0.326. The monoisotopic (exact) mass is 242 g/mol. The Morgan fingerprint density at radius 3 is 2.50 bits per heavy atom. The van der Waals surface area contributed by atoms with Crippen LogP contribution in [0.15, 0.2) is 16.9 Å². The van der Waals surface area contributed by atoms with E-state index in [-0.39, 0.29) is 0 Å². The molecule has 1 aromatic rings. The molecular formula is C6H6BrF3N2. The van der Waals surface area contributed by atoms with Gasteiger partial charge in [-0.1, -0.05) is 0 Å². The highest BCUT2D eigenvalue weighted by atomic mass is 79.9. The molecule has 12 heavy (non-hydrogen) atoms. The van der Waals surface area contributed by atoms with Gasteiger partial charge in [-0.25, -0.2) is 4.68 Å². The molecule has 0 bridgehead atoms. The molecule has 1 aromatic heterocycles. The summed E-state index contributed by atoms with van der Waals surface area (Å²) < 4.78 is 37.5. The van der Waals surface area contributed by atoms with Crippen molar-refractivity contribution in [3.05, 3.63) is 16.9 Å². The first-order chi connectivity index (χ1) is 5.43. The van der Waals surface area contributed by atoms with Crippen molar-refractivity contribution in [2.75, 3.05) is 0 Å². The van der Waals surface area contributed by atoms with Gasteiger partial charge < -0.3 is 0 Å². The zero-order chi connectivity index (χ0) is 9.35. The van der Waals surface area contributed by atoms with Crippen LogP contribution in [0.1, 0.15) is 13.0 Å². The van der Waals surface area contributed by atoms with E-state index in [9.17, 15) is 13.2 Å². The lowest BCUT2D eigenvalue weighted by molar-refractivity contribution is -0.165. The van der Waals surface area contributed by atoms with Crippen LogP contribution in [0.25, 0.3) is 0 Å². The highest BCUT2D eigenvalue weighted by Gasteiger charge is 2.38. The van der Waals surface area contributed by atoms with Gasteiger partial charge in [-0.3, -0.25) is 0 Å². The van der Waals surface area contributed by atoms with Crippen molar-refractivity contribution in [3.8, 4) is 0 Å². The summed E-state index contributed by atoms with van der Waals surface area (Å²) >= 11 is 2.96.